The monoisotopic (exact) mass is 500 g/mol. The molecule has 0 aromatic carbocycles. The average molecular weight is 501 g/mol. The van der Waals surface area contributed by atoms with Crippen LogP contribution in [0, 0.1) is 11.3 Å². The van der Waals surface area contributed by atoms with Gasteiger partial charge in [0.1, 0.15) is 11.9 Å². The molecule has 4 aliphatic rings. The first-order chi connectivity index (χ1) is 17.3. The normalized spacial score (nSPS) is 22.8. The second-order valence-electron chi connectivity index (χ2n) is 11.5. The summed E-state index contributed by atoms with van der Waals surface area (Å²) >= 11 is 0. The zero-order valence-electron chi connectivity index (χ0n) is 22.1. The number of aryl methyl sites for hydroxylation is 2. The van der Waals surface area contributed by atoms with Crippen LogP contribution < -0.4 is 10.6 Å². The number of nitrogens with zero attached hydrogens (tertiary/aromatic N) is 2. The van der Waals surface area contributed by atoms with Crippen molar-refractivity contribution in [1.82, 2.24) is 15.2 Å². The number of anilines is 1. The van der Waals surface area contributed by atoms with E-state index in [2.05, 4.69) is 27.7 Å². The van der Waals surface area contributed by atoms with Gasteiger partial charge in [-0.1, -0.05) is 6.07 Å². The molecule has 2 bridgehead atoms. The molecule has 0 radical (unpaired) electrons. The van der Waals surface area contributed by atoms with Crippen LogP contribution in [-0.2, 0) is 27.2 Å². The quantitative estimate of drug-likeness (QED) is 0.298. The smallest absolute Gasteiger partial charge is 0.326 e. The summed E-state index contributed by atoms with van der Waals surface area (Å²) in [5.74, 6) is 0.796. The molecule has 1 aromatic rings. The third kappa shape index (κ3) is 7.42. The molecular weight excluding hydrogens is 456 g/mol. The summed E-state index contributed by atoms with van der Waals surface area (Å²) in [5.41, 5.74) is 2.61. The number of hydrogen-bond acceptors (Lipinski definition) is 6. The van der Waals surface area contributed by atoms with Crippen molar-refractivity contribution in [2.75, 3.05) is 38.1 Å². The largest absolute Gasteiger partial charge is 0.480 e. The first-order valence-corrected chi connectivity index (χ1v) is 13.9. The van der Waals surface area contributed by atoms with Gasteiger partial charge in [-0.25, -0.2) is 9.78 Å². The Morgan fingerprint density at radius 2 is 2.03 bits per heavy atom. The van der Waals surface area contributed by atoms with E-state index in [1.54, 1.807) is 0 Å². The minimum Gasteiger partial charge on any atom is -0.480 e. The number of rotatable bonds is 16. The number of fused-ring (bicyclic) bond motifs is 1. The topological polar surface area (TPSA) is 104 Å². The first kappa shape index (κ1) is 26.9. The highest BCUT2D eigenvalue weighted by atomic mass is 16.5. The molecule has 5 rings (SSSR count). The Morgan fingerprint density at radius 1 is 1.22 bits per heavy atom. The summed E-state index contributed by atoms with van der Waals surface area (Å²) in [6.45, 7) is 7.89. The van der Waals surface area contributed by atoms with Gasteiger partial charge in [0.2, 0.25) is 5.91 Å². The standard InChI is InChI=1S/C28H44N4O4/c1-20(2)36-15-14-32(12-4-3-7-23-9-8-22-6-5-11-29-26(22)30-23)13-10-24(27(34)35)31-25(33)19-28-16-21(17-28)18-28/h8-9,20-21,24H,3-7,10-19H2,1-2H3,(H,29,30)(H,31,33)(H,34,35). The molecule has 1 amide bonds. The van der Waals surface area contributed by atoms with Crippen LogP contribution in [-0.4, -0.2) is 71.8 Å². The third-order valence-corrected chi connectivity index (χ3v) is 8.04. The summed E-state index contributed by atoms with van der Waals surface area (Å²) in [5, 5.41) is 15.9. The van der Waals surface area contributed by atoms with E-state index in [0.717, 1.165) is 88.4 Å². The summed E-state index contributed by atoms with van der Waals surface area (Å²) in [7, 11) is 0. The SMILES string of the molecule is CC(C)OCCN(CCCCc1ccc2c(n1)NCCC2)CCC(NC(=O)CC12CC(C1)C2)C(=O)O. The minimum absolute atomic E-state index is 0.109. The molecule has 3 N–H and O–H groups in total. The number of aliphatic carboxylic acids is 1. The van der Waals surface area contributed by atoms with Crippen molar-refractivity contribution in [3.8, 4) is 0 Å². The predicted molar refractivity (Wildman–Crippen MR) is 140 cm³/mol. The second-order valence-corrected chi connectivity index (χ2v) is 11.5. The molecule has 2 heterocycles. The van der Waals surface area contributed by atoms with Crippen LogP contribution in [0.15, 0.2) is 12.1 Å². The minimum atomic E-state index is -0.952. The molecule has 8 heteroatoms. The number of carbonyl (C=O) groups excluding carboxylic acids is 1. The maximum Gasteiger partial charge on any atom is 0.326 e. The van der Waals surface area contributed by atoms with Crippen LogP contribution in [0.25, 0.3) is 0 Å². The molecule has 200 valence electrons. The maximum atomic E-state index is 12.5. The van der Waals surface area contributed by atoms with Crippen LogP contribution in [0.3, 0.4) is 0 Å². The molecule has 1 aliphatic heterocycles. The van der Waals surface area contributed by atoms with E-state index in [9.17, 15) is 14.7 Å². The number of carboxylic acid groups (broad SMARTS) is 1. The number of pyridine rings is 1. The number of aromatic nitrogens is 1. The van der Waals surface area contributed by atoms with Crippen molar-refractivity contribution < 1.29 is 19.4 Å². The highest BCUT2D eigenvalue weighted by Crippen LogP contribution is 2.66. The lowest BCUT2D eigenvalue weighted by molar-refractivity contribution is -0.149. The van der Waals surface area contributed by atoms with Gasteiger partial charge in [-0.15, -0.1) is 0 Å². The van der Waals surface area contributed by atoms with Crippen LogP contribution in [0.1, 0.15) is 76.5 Å². The van der Waals surface area contributed by atoms with E-state index in [1.807, 2.05) is 13.8 Å². The van der Waals surface area contributed by atoms with Crippen molar-refractivity contribution >= 4 is 17.7 Å². The zero-order chi connectivity index (χ0) is 25.5. The molecule has 3 fully saturated rings. The summed E-state index contributed by atoms with van der Waals surface area (Å²) in [6.07, 6.45) is 9.68. The Balaban J connectivity index is 1.22. The van der Waals surface area contributed by atoms with Gasteiger partial charge in [0.05, 0.1) is 12.7 Å². The Bertz CT molecular complexity index is 889. The fourth-order valence-electron chi connectivity index (χ4n) is 5.93. The average Bonchev–Trinajstić information content (AvgIpc) is 2.79. The number of amides is 1. The van der Waals surface area contributed by atoms with Gasteiger partial charge < -0.3 is 25.4 Å². The van der Waals surface area contributed by atoms with Crippen molar-refractivity contribution in [3.63, 3.8) is 0 Å². The van der Waals surface area contributed by atoms with Crippen LogP contribution in [0.2, 0.25) is 0 Å². The van der Waals surface area contributed by atoms with Gasteiger partial charge in [-0.3, -0.25) is 4.79 Å². The molecular formula is C28H44N4O4. The van der Waals surface area contributed by atoms with Gasteiger partial charge in [-0.05, 0) is 101 Å². The Kier molecular flexibility index (Phi) is 9.23. The van der Waals surface area contributed by atoms with Gasteiger partial charge in [0, 0.05) is 31.7 Å². The molecule has 36 heavy (non-hydrogen) atoms. The van der Waals surface area contributed by atoms with E-state index in [0.29, 0.717) is 26.0 Å². The van der Waals surface area contributed by atoms with Crippen LogP contribution in [0.4, 0.5) is 5.82 Å². The Labute approximate surface area is 215 Å². The number of ether oxygens (including phenoxy) is 1. The van der Waals surface area contributed by atoms with E-state index in [1.165, 1.54) is 5.56 Å². The summed E-state index contributed by atoms with van der Waals surface area (Å²) in [6, 6.07) is 3.51. The number of carboxylic acids is 1. The van der Waals surface area contributed by atoms with Crippen molar-refractivity contribution in [2.45, 2.75) is 90.2 Å². The predicted octanol–water partition coefficient (Wildman–Crippen LogP) is 3.64. The molecule has 1 aromatic heterocycles. The molecule has 1 atom stereocenters. The number of hydrogen-bond donors (Lipinski definition) is 3. The molecule has 8 nitrogen and oxygen atoms in total. The molecule has 3 aliphatic carbocycles. The molecule has 0 saturated heterocycles. The number of carbonyl (C=O) groups is 2. The van der Waals surface area contributed by atoms with E-state index >= 15 is 0 Å². The Morgan fingerprint density at radius 3 is 2.72 bits per heavy atom. The highest BCUT2D eigenvalue weighted by molar-refractivity contribution is 5.84. The van der Waals surface area contributed by atoms with Gasteiger partial charge in [-0.2, -0.15) is 0 Å². The van der Waals surface area contributed by atoms with Gasteiger partial charge in [0.25, 0.3) is 0 Å². The third-order valence-electron chi connectivity index (χ3n) is 8.04. The molecule has 3 saturated carbocycles. The van der Waals surface area contributed by atoms with E-state index in [4.69, 9.17) is 9.72 Å². The zero-order valence-corrected chi connectivity index (χ0v) is 22.1. The van der Waals surface area contributed by atoms with Crippen molar-refractivity contribution in [2.24, 2.45) is 11.3 Å². The lowest BCUT2D eigenvalue weighted by Crippen LogP contribution is -2.55. The molecule has 0 spiro atoms. The highest BCUT2D eigenvalue weighted by Gasteiger charge is 2.57. The summed E-state index contributed by atoms with van der Waals surface area (Å²) < 4.78 is 5.75. The Hall–Kier alpha value is -2.19. The second kappa shape index (κ2) is 12.4. The number of unbranched alkanes of at least 4 members (excludes halogenated alkanes) is 1. The van der Waals surface area contributed by atoms with Crippen molar-refractivity contribution in [1.29, 1.82) is 0 Å². The lowest BCUT2D eigenvalue weighted by atomic mass is 9.43. The van der Waals surface area contributed by atoms with Crippen LogP contribution in [0.5, 0.6) is 0 Å². The molecule has 1 unspecified atom stereocenters. The fourth-order valence-corrected chi connectivity index (χ4v) is 5.93. The first-order valence-electron chi connectivity index (χ1n) is 13.9. The van der Waals surface area contributed by atoms with Gasteiger partial charge >= 0.3 is 5.97 Å². The fraction of sp³-hybridized carbons (Fsp3) is 0.750. The summed E-state index contributed by atoms with van der Waals surface area (Å²) in [4.78, 5) is 31.4. The van der Waals surface area contributed by atoms with E-state index in [-0.39, 0.29) is 17.4 Å². The number of nitrogens with one attached hydrogen (secondary N) is 2. The maximum absolute atomic E-state index is 12.5. The van der Waals surface area contributed by atoms with Gasteiger partial charge in [0.15, 0.2) is 0 Å². The lowest BCUT2D eigenvalue weighted by Gasteiger charge is -2.61. The van der Waals surface area contributed by atoms with Crippen molar-refractivity contribution in [3.05, 3.63) is 23.4 Å². The van der Waals surface area contributed by atoms with Crippen LogP contribution >= 0.6 is 0 Å². The van der Waals surface area contributed by atoms with E-state index < -0.39 is 12.0 Å².